The van der Waals surface area contributed by atoms with Gasteiger partial charge in [0.05, 0.1) is 0 Å². The highest BCUT2D eigenvalue weighted by atomic mass is 15.3. The minimum Gasteiger partial charge on any atom is -0.367 e. The van der Waals surface area contributed by atoms with Crippen molar-refractivity contribution in [2.24, 2.45) is 10.2 Å². The first-order chi connectivity index (χ1) is 4.27. The summed E-state index contributed by atoms with van der Waals surface area (Å²) in [5.74, 6) is 0. The standard InChI is InChI=1S/C6H13N3/c1-4-5-7-8-6-9(2)3/h5-6H,4H2,1-3H3. The van der Waals surface area contributed by atoms with Crippen LogP contribution in [0, 0.1) is 0 Å². The lowest BCUT2D eigenvalue weighted by Crippen LogP contribution is -2.06. The Balaban J connectivity index is 3.35. The second-order valence-electron chi connectivity index (χ2n) is 1.90. The molecule has 0 aromatic heterocycles. The van der Waals surface area contributed by atoms with Crippen molar-refractivity contribution in [1.82, 2.24) is 4.90 Å². The van der Waals surface area contributed by atoms with E-state index in [1.807, 2.05) is 25.9 Å². The van der Waals surface area contributed by atoms with Gasteiger partial charge >= 0.3 is 0 Å². The van der Waals surface area contributed by atoms with E-state index >= 15 is 0 Å². The molecule has 0 saturated heterocycles. The van der Waals surface area contributed by atoms with E-state index < -0.39 is 0 Å². The maximum absolute atomic E-state index is 3.73. The Bertz CT molecular complexity index is 105. The topological polar surface area (TPSA) is 28.0 Å². The Kier molecular flexibility index (Phi) is 4.78. The largest absolute Gasteiger partial charge is 0.367 e. The van der Waals surface area contributed by atoms with Crippen LogP contribution in [-0.4, -0.2) is 31.5 Å². The quantitative estimate of drug-likeness (QED) is 0.315. The molecule has 0 unspecified atom stereocenters. The molecule has 52 valence electrons. The molecular formula is C6H13N3. The van der Waals surface area contributed by atoms with Crippen LogP contribution in [0.2, 0.25) is 0 Å². The van der Waals surface area contributed by atoms with Crippen LogP contribution < -0.4 is 0 Å². The molecule has 0 N–H and O–H groups in total. The van der Waals surface area contributed by atoms with Crippen LogP contribution in [0.25, 0.3) is 0 Å². The molecule has 0 aliphatic heterocycles. The van der Waals surface area contributed by atoms with Gasteiger partial charge in [-0.2, -0.15) is 5.10 Å². The van der Waals surface area contributed by atoms with Gasteiger partial charge in [0, 0.05) is 20.3 Å². The Morgan fingerprint density at radius 1 is 1.33 bits per heavy atom. The summed E-state index contributed by atoms with van der Waals surface area (Å²) in [5.41, 5.74) is 0. The van der Waals surface area contributed by atoms with E-state index in [4.69, 9.17) is 0 Å². The minimum absolute atomic E-state index is 0.935. The average molecular weight is 127 g/mol. The highest BCUT2D eigenvalue weighted by Crippen LogP contribution is 1.72. The van der Waals surface area contributed by atoms with Crippen molar-refractivity contribution in [3.63, 3.8) is 0 Å². The normalized spacial score (nSPS) is 11.4. The zero-order valence-corrected chi connectivity index (χ0v) is 6.20. The Labute approximate surface area is 56.1 Å². The first-order valence-corrected chi connectivity index (χ1v) is 2.98. The summed E-state index contributed by atoms with van der Waals surface area (Å²) >= 11 is 0. The predicted molar refractivity (Wildman–Crippen MR) is 41.0 cm³/mol. The van der Waals surface area contributed by atoms with Crippen LogP contribution in [0.15, 0.2) is 10.2 Å². The van der Waals surface area contributed by atoms with E-state index in [0.717, 1.165) is 6.42 Å². The fourth-order valence-electron chi connectivity index (χ4n) is 0.262. The summed E-state index contributed by atoms with van der Waals surface area (Å²) in [7, 11) is 3.82. The van der Waals surface area contributed by atoms with Crippen molar-refractivity contribution in [1.29, 1.82) is 0 Å². The van der Waals surface area contributed by atoms with E-state index in [1.165, 1.54) is 0 Å². The van der Waals surface area contributed by atoms with E-state index in [2.05, 4.69) is 10.2 Å². The van der Waals surface area contributed by atoms with Crippen LogP contribution in [0.5, 0.6) is 0 Å². The van der Waals surface area contributed by atoms with Gasteiger partial charge in [0.25, 0.3) is 0 Å². The van der Waals surface area contributed by atoms with Crippen molar-refractivity contribution < 1.29 is 0 Å². The molecule has 3 heteroatoms. The SMILES string of the molecule is CCC=NN=CN(C)C. The Hall–Kier alpha value is -0.860. The maximum Gasteiger partial charge on any atom is 0.113 e. The molecule has 3 nitrogen and oxygen atoms in total. The molecule has 0 aliphatic rings. The summed E-state index contributed by atoms with van der Waals surface area (Å²) < 4.78 is 0. The highest BCUT2D eigenvalue weighted by molar-refractivity contribution is 5.59. The maximum atomic E-state index is 3.73. The van der Waals surface area contributed by atoms with Gasteiger partial charge in [0.2, 0.25) is 0 Å². The van der Waals surface area contributed by atoms with E-state index in [1.54, 1.807) is 12.6 Å². The first-order valence-electron chi connectivity index (χ1n) is 2.98. The second-order valence-corrected chi connectivity index (χ2v) is 1.90. The van der Waals surface area contributed by atoms with Gasteiger partial charge in [0.1, 0.15) is 6.34 Å². The highest BCUT2D eigenvalue weighted by Gasteiger charge is 1.71. The van der Waals surface area contributed by atoms with Gasteiger partial charge in [0.15, 0.2) is 0 Å². The van der Waals surface area contributed by atoms with Crippen LogP contribution in [-0.2, 0) is 0 Å². The van der Waals surface area contributed by atoms with Crippen molar-refractivity contribution >= 4 is 12.6 Å². The lowest BCUT2D eigenvalue weighted by molar-refractivity contribution is 0.640. The molecule has 0 spiro atoms. The van der Waals surface area contributed by atoms with E-state index in [9.17, 15) is 0 Å². The van der Waals surface area contributed by atoms with Crippen LogP contribution in [0.1, 0.15) is 13.3 Å². The molecular weight excluding hydrogens is 114 g/mol. The first kappa shape index (κ1) is 8.14. The summed E-state index contributed by atoms with van der Waals surface area (Å²) in [6.07, 6.45) is 4.36. The lowest BCUT2D eigenvalue weighted by atomic mass is 10.6. The fraction of sp³-hybridized carbons (Fsp3) is 0.667. The second kappa shape index (κ2) is 5.28. The summed E-state index contributed by atoms with van der Waals surface area (Å²) in [6, 6.07) is 0. The van der Waals surface area contributed by atoms with Gasteiger partial charge in [-0.1, -0.05) is 6.92 Å². The Morgan fingerprint density at radius 3 is 2.44 bits per heavy atom. The molecule has 0 amide bonds. The summed E-state index contributed by atoms with van der Waals surface area (Å²) in [6.45, 7) is 2.02. The predicted octanol–water partition coefficient (Wildman–Crippen LogP) is 0.972. The third kappa shape index (κ3) is 7.14. The molecule has 0 rings (SSSR count). The molecule has 0 radical (unpaired) electrons. The average Bonchev–Trinajstić information content (AvgIpc) is 1.80. The van der Waals surface area contributed by atoms with Crippen molar-refractivity contribution in [3.05, 3.63) is 0 Å². The number of nitrogens with zero attached hydrogens (tertiary/aromatic N) is 3. The minimum atomic E-state index is 0.935. The molecule has 0 fully saturated rings. The monoisotopic (exact) mass is 127 g/mol. The van der Waals surface area contributed by atoms with Crippen LogP contribution in [0.4, 0.5) is 0 Å². The fourth-order valence-corrected chi connectivity index (χ4v) is 0.262. The van der Waals surface area contributed by atoms with E-state index in [0.29, 0.717) is 0 Å². The molecule has 0 aromatic carbocycles. The van der Waals surface area contributed by atoms with Crippen molar-refractivity contribution in [2.45, 2.75) is 13.3 Å². The number of rotatable bonds is 3. The van der Waals surface area contributed by atoms with Gasteiger partial charge in [-0.25, -0.2) is 0 Å². The van der Waals surface area contributed by atoms with Gasteiger partial charge in [-0.15, -0.1) is 5.10 Å². The summed E-state index contributed by atoms with van der Waals surface area (Å²) in [5, 5.41) is 7.46. The van der Waals surface area contributed by atoms with Crippen molar-refractivity contribution in [3.8, 4) is 0 Å². The summed E-state index contributed by atoms with van der Waals surface area (Å²) in [4.78, 5) is 1.84. The molecule has 0 bridgehead atoms. The molecule has 0 atom stereocenters. The molecule has 9 heavy (non-hydrogen) atoms. The zero-order chi connectivity index (χ0) is 7.11. The smallest absolute Gasteiger partial charge is 0.113 e. The lowest BCUT2D eigenvalue weighted by Gasteiger charge is -1.98. The van der Waals surface area contributed by atoms with Gasteiger partial charge in [-0.05, 0) is 6.42 Å². The molecule has 0 saturated carbocycles. The van der Waals surface area contributed by atoms with Crippen LogP contribution in [0.3, 0.4) is 0 Å². The third-order valence-electron chi connectivity index (χ3n) is 0.613. The molecule has 0 aromatic rings. The van der Waals surface area contributed by atoms with Crippen molar-refractivity contribution in [2.75, 3.05) is 14.1 Å². The molecule has 0 heterocycles. The molecule has 0 aliphatic carbocycles. The number of hydrogen-bond acceptors (Lipinski definition) is 2. The van der Waals surface area contributed by atoms with Gasteiger partial charge < -0.3 is 4.90 Å². The van der Waals surface area contributed by atoms with Crippen LogP contribution >= 0.6 is 0 Å². The number of hydrogen-bond donors (Lipinski definition) is 0. The van der Waals surface area contributed by atoms with E-state index in [-0.39, 0.29) is 0 Å². The third-order valence-corrected chi connectivity index (χ3v) is 0.613. The Morgan fingerprint density at radius 2 is 2.00 bits per heavy atom. The zero-order valence-electron chi connectivity index (χ0n) is 6.20. The van der Waals surface area contributed by atoms with Gasteiger partial charge in [-0.3, -0.25) is 0 Å².